The lowest BCUT2D eigenvalue weighted by atomic mass is 9.85. The molecule has 0 spiro atoms. The average molecular weight is 457 g/mol. The van der Waals surface area contributed by atoms with Crippen molar-refractivity contribution in [1.82, 2.24) is 0 Å². The Bertz CT molecular complexity index is 970. The Kier molecular flexibility index (Phi) is 5.93. The average Bonchev–Trinajstić information content (AvgIpc) is 3.49. The SMILES string of the molecule is O=C1C[C@@H]2[C@@H](CCC3(c4ccc(Cl)cc4)OCCO3)[C@H](OC(=O)c3ccccc3)C[C@@H]2O1. The van der Waals surface area contributed by atoms with Crippen molar-refractivity contribution >= 4 is 23.5 Å². The molecule has 0 unspecified atom stereocenters. The highest BCUT2D eigenvalue weighted by Crippen LogP contribution is 2.47. The summed E-state index contributed by atoms with van der Waals surface area (Å²) in [6.07, 6.45) is 1.59. The first kappa shape index (κ1) is 21.4. The first-order valence-electron chi connectivity index (χ1n) is 11.0. The van der Waals surface area contributed by atoms with Crippen LogP contribution in [0.1, 0.15) is 41.6 Å². The number of hydrogen-bond donors (Lipinski definition) is 0. The summed E-state index contributed by atoms with van der Waals surface area (Å²) >= 11 is 6.06. The summed E-state index contributed by atoms with van der Waals surface area (Å²) in [5, 5.41) is 0.648. The van der Waals surface area contributed by atoms with Crippen molar-refractivity contribution in [2.75, 3.05) is 13.2 Å². The number of fused-ring (bicyclic) bond motifs is 1. The monoisotopic (exact) mass is 456 g/mol. The quantitative estimate of drug-likeness (QED) is 0.596. The van der Waals surface area contributed by atoms with Gasteiger partial charge in [-0.15, -0.1) is 0 Å². The van der Waals surface area contributed by atoms with Crippen molar-refractivity contribution in [3.05, 3.63) is 70.7 Å². The van der Waals surface area contributed by atoms with E-state index in [1.165, 1.54) is 0 Å². The summed E-state index contributed by atoms with van der Waals surface area (Å²) in [7, 11) is 0. The Morgan fingerprint density at radius 3 is 2.50 bits per heavy atom. The molecular weight excluding hydrogens is 432 g/mol. The zero-order valence-corrected chi connectivity index (χ0v) is 18.3. The normalized spacial score (nSPS) is 28.3. The van der Waals surface area contributed by atoms with Gasteiger partial charge in [-0.25, -0.2) is 4.79 Å². The molecule has 0 N–H and O–H groups in total. The van der Waals surface area contributed by atoms with E-state index in [-0.39, 0.29) is 36.0 Å². The highest BCUT2D eigenvalue weighted by atomic mass is 35.5. The molecule has 5 rings (SSSR count). The molecule has 32 heavy (non-hydrogen) atoms. The summed E-state index contributed by atoms with van der Waals surface area (Å²) in [5.74, 6) is -1.39. The van der Waals surface area contributed by atoms with E-state index in [0.717, 1.165) is 5.56 Å². The maximum absolute atomic E-state index is 12.7. The summed E-state index contributed by atoms with van der Waals surface area (Å²) in [4.78, 5) is 24.7. The number of esters is 2. The predicted octanol–water partition coefficient (Wildman–Crippen LogP) is 4.50. The maximum Gasteiger partial charge on any atom is 0.338 e. The number of hydrogen-bond acceptors (Lipinski definition) is 6. The fraction of sp³-hybridized carbons (Fsp3) is 0.440. The first-order valence-corrected chi connectivity index (χ1v) is 11.4. The van der Waals surface area contributed by atoms with Crippen molar-refractivity contribution in [3.63, 3.8) is 0 Å². The molecule has 0 radical (unpaired) electrons. The number of halogens is 1. The molecule has 168 valence electrons. The highest BCUT2D eigenvalue weighted by molar-refractivity contribution is 6.30. The van der Waals surface area contributed by atoms with Crippen LogP contribution >= 0.6 is 11.6 Å². The first-order chi connectivity index (χ1) is 15.5. The minimum absolute atomic E-state index is 0.0175. The van der Waals surface area contributed by atoms with Crippen LogP contribution in [0.15, 0.2) is 54.6 Å². The highest BCUT2D eigenvalue weighted by Gasteiger charge is 2.52. The van der Waals surface area contributed by atoms with Gasteiger partial charge in [0.1, 0.15) is 12.2 Å². The molecule has 0 aromatic heterocycles. The van der Waals surface area contributed by atoms with Crippen molar-refractivity contribution in [1.29, 1.82) is 0 Å². The van der Waals surface area contributed by atoms with Crippen LogP contribution in [-0.4, -0.2) is 37.4 Å². The molecule has 2 aromatic rings. The lowest BCUT2D eigenvalue weighted by molar-refractivity contribution is -0.174. The molecular formula is C25H25ClO6. The van der Waals surface area contributed by atoms with E-state index in [1.54, 1.807) is 12.1 Å². The second-order valence-electron chi connectivity index (χ2n) is 8.60. The van der Waals surface area contributed by atoms with Crippen LogP contribution in [0.4, 0.5) is 0 Å². The van der Waals surface area contributed by atoms with Gasteiger partial charge in [-0.1, -0.05) is 41.9 Å². The number of rotatable bonds is 6. The molecule has 1 saturated carbocycles. The third-order valence-corrected chi connectivity index (χ3v) is 7.02. The van der Waals surface area contributed by atoms with Crippen LogP contribution in [0.5, 0.6) is 0 Å². The maximum atomic E-state index is 12.7. The minimum atomic E-state index is -0.861. The van der Waals surface area contributed by atoms with Gasteiger partial charge < -0.3 is 18.9 Å². The Hall–Kier alpha value is -2.41. The zero-order valence-electron chi connectivity index (χ0n) is 17.6. The van der Waals surface area contributed by atoms with Crippen LogP contribution in [-0.2, 0) is 29.5 Å². The zero-order chi connectivity index (χ0) is 22.1. The number of carbonyl (C=O) groups excluding carboxylic acids is 2. The van der Waals surface area contributed by atoms with Crippen molar-refractivity contribution in [2.24, 2.45) is 11.8 Å². The molecule has 3 aliphatic rings. The standard InChI is InChI=1S/C25H25ClO6/c26-18-8-6-17(7-9-18)25(29-12-13-30-25)11-10-19-20-14-23(27)31-22(20)15-21(19)32-24(28)16-4-2-1-3-5-16/h1-9,19-22H,10-15H2/t19-,20-,21-,22+/m1/s1. The third-order valence-electron chi connectivity index (χ3n) is 6.77. The van der Waals surface area contributed by atoms with Crippen molar-refractivity contribution < 1.29 is 28.5 Å². The van der Waals surface area contributed by atoms with Gasteiger partial charge in [0.2, 0.25) is 0 Å². The van der Waals surface area contributed by atoms with Gasteiger partial charge in [0.15, 0.2) is 5.79 Å². The van der Waals surface area contributed by atoms with Crippen LogP contribution in [0.3, 0.4) is 0 Å². The van der Waals surface area contributed by atoms with Gasteiger partial charge in [-0.05, 0) is 30.7 Å². The molecule has 6 nitrogen and oxygen atoms in total. The predicted molar refractivity (Wildman–Crippen MR) is 116 cm³/mol. The van der Waals surface area contributed by atoms with Gasteiger partial charge >= 0.3 is 11.9 Å². The number of carbonyl (C=O) groups is 2. The molecule has 2 aliphatic heterocycles. The van der Waals surface area contributed by atoms with Crippen molar-refractivity contribution in [2.45, 2.75) is 43.7 Å². The second kappa shape index (κ2) is 8.85. The summed E-state index contributed by atoms with van der Waals surface area (Å²) < 4.78 is 23.6. The van der Waals surface area contributed by atoms with Gasteiger partial charge in [-0.2, -0.15) is 0 Å². The summed E-state index contributed by atoms with van der Waals surface area (Å²) in [6, 6.07) is 16.4. The Morgan fingerprint density at radius 1 is 1.06 bits per heavy atom. The largest absolute Gasteiger partial charge is 0.462 e. The second-order valence-corrected chi connectivity index (χ2v) is 9.04. The molecule has 0 amide bonds. The number of benzene rings is 2. The molecule has 2 heterocycles. The lowest BCUT2D eigenvalue weighted by Gasteiger charge is -2.31. The number of ether oxygens (including phenoxy) is 4. The fourth-order valence-electron chi connectivity index (χ4n) is 5.24. The van der Waals surface area contributed by atoms with Gasteiger partial charge in [-0.3, -0.25) is 4.79 Å². The van der Waals surface area contributed by atoms with Crippen LogP contribution in [0, 0.1) is 11.8 Å². The molecule has 4 atom stereocenters. The van der Waals surface area contributed by atoms with Crippen LogP contribution in [0.2, 0.25) is 5.02 Å². The Balaban J connectivity index is 1.34. The third kappa shape index (κ3) is 4.15. The van der Waals surface area contributed by atoms with E-state index in [4.69, 9.17) is 30.5 Å². The Morgan fingerprint density at radius 2 is 1.78 bits per heavy atom. The molecule has 1 aliphatic carbocycles. The molecule has 0 bridgehead atoms. The summed E-state index contributed by atoms with van der Waals surface area (Å²) in [6.45, 7) is 1.01. The van der Waals surface area contributed by atoms with E-state index in [2.05, 4.69) is 0 Å². The van der Waals surface area contributed by atoms with E-state index >= 15 is 0 Å². The van der Waals surface area contributed by atoms with E-state index in [0.29, 0.717) is 49.5 Å². The lowest BCUT2D eigenvalue weighted by Crippen LogP contribution is -2.31. The summed E-state index contributed by atoms with van der Waals surface area (Å²) in [5.41, 5.74) is 1.42. The molecule has 2 saturated heterocycles. The minimum Gasteiger partial charge on any atom is -0.462 e. The fourth-order valence-corrected chi connectivity index (χ4v) is 5.37. The van der Waals surface area contributed by atoms with Crippen molar-refractivity contribution in [3.8, 4) is 0 Å². The van der Waals surface area contributed by atoms with Gasteiger partial charge in [0, 0.05) is 35.3 Å². The van der Waals surface area contributed by atoms with Gasteiger partial charge in [0.25, 0.3) is 0 Å². The molecule has 3 fully saturated rings. The molecule has 2 aromatic carbocycles. The van der Waals surface area contributed by atoms with E-state index < -0.39 is 5.79 Å². The van der Waals surface area contributed by atoms with E-state index in [9.17, 15) is 9.59 Å². The topological polar surface area (TPSA) is 71.1 Å². The van der Waals surface area contributed by atoms with Crippen LogP contribution in [0.25, 0.3) is 0 Å². The van der Waals surface area contributed by atoms with Crippen LogP contribution < -0.4 is 0 Å². The van der Waals surface area contributed by atoms with Gasteiger partial charge in [0.05, 0.1) is 25.2 Å². The van der Waals surface area contributed by atoms with E-state index in [1.807, 2.05) is 42.5 Å². The Labute approximate surface area is 191 Å². The molecule has 7 heteroatoms. The smallest absolute Gasteiger partial charge is 0.338 e.